The van der Waals surface area contributed by atoms with Crippen molar-refractivity contribution in [3.05, 3.63) is 69.6 Å². The number of nitrogens with zero attached hydrogens (tertiary/aromatic N) is 1. The van der Waals surface area contributed by atoms with E-state index in [1.165, 1.54) is 15.7 Å². The monoisotopic (exact) mass is 298 g/mol. The molecule has 1 N–H and O–H groups in total. The SMILES string of the molecule is Cc1ccccc1CC(C)NC(=O)Cn1cccc(C)c1=O. The van der Waals surface area contributed by atoms with Crippen molar-refractivity contribution in [1.82, 2.24) is 9.88 Å². The summed E-state index contributed by atoms with van der Waals surface area (Å²) in [6, 6.07) is 11.7. The molecule has 4 heteroatoms. The first-order valence-electron chi connectivity index (χ1n) is 7.47. The van der Waals surface area contributed by atoms with Crippen LogP contribution in [-0.2, 0) is 17.8 Å². The van der Waals surface area contributed by atoms with Gasteiger partial charge in [0.2, 0.25) is 5.91 Å². The van der Waals surface area contributed by atoms with Gasteiger partial charge in [-0.2, -0.15) is 0 Å². The van der Waals surface area contributed by atoms with E-state index < -0.39 is 0 Å². The Labute approximate surface area is 130 Å². The van der Waals surface area contributed by atoms with Gasteiger partial charge in [-0.3, -0.25) is 9.59 Å². The number of nitrogens with one attached hydrogen (secondary N) is 1. The summed E-state index contributed by atoms with van der Waals surface area (Å²) in [4.78, 5) is 24.0. The number of aryl methyl sites for hydroxylation is 2. The first kappa shape index (κ1) is 16.0. The van der Waals surface area contributed by atoms with Crippen molar-refractivity contribution in [3.8, 4) is 0 Å². The number of hydrogen-bond donors (Lipinski definition) is 1. The average Bonchev–Trinajstić information content (AvgIpc) is 2.46. The van der Waals surface area contributed by atoms with Crippen LogP contribution in [0.1, 0.15) is 23.6 Å². The van der Waals surface area contributed by atoms with Gasteiger partial charge < -0.3 is 9.88 Å². The molecule has 1 aromatic carbocycles. The van der Waals surface area contributed by atoms with Gasteiger partial charge in [0.15, 0.2) is 0 Å². The highest BCUT2D eigenvalue weighted by molar-refractivity contribution is 5.76. The van der Waals surface area contributed by atoms with E-state index in [0.29, 0.717) is 5.56 Å². The summed E-state index contributed by atoms with van der Waals surface area (Å²) in [5, 5.41) is 2.95. The summed E-state index contributed by atoms with van der Waals surface area (Å²) >= 11 is 0. The number of hydrogen-bond acceptors (Lipinski definition) is 2. The van der Waals surface area contributed by atoms with E-state index in [1.54, 1.807) is 25.3 Å². The predicted molar refractivity (Wildman–Crippen MR) is 87.9 cm³/mol. The largest absolute Gasteiger partial charge is 0.352 e. The molecule has 0 fully saturated rings. The van der Waals surface area contributed by atoms with Crippen molar-refractivity contribution in [2.24, 2.45) is 0 Å². The van der Waals surface area contributed by atoms with Crippen molar-refractivity contribution in [2.75, 3.05) is 0 Å². The van der Waals surface area contributed by atoms with Gasteiger partial charge in [-0.1, -0.05) is 30.3 Å². The maximum absolute atomic E-state index is 12.1. The minimum Gasteiger partial charge on any atom is -0.352 e. The average molecular weight is 298 g/mol. The molecular formula is C18H22N2O2. The number of pyridine rings is 1. The van der Waals surface area contributed by atoms with Crippen LogP contribution in [0.25, 0.3) is 0 Å². The van der Waals surface area contributed by atoms with Crippen molar-refractivity contribution in [2.45, 2.75) is 39.8 Å². The molecule has 0 spiro atoms. The second-order valence-electron chi connectivity index (χ2n) is 5.72. The molecule has 0 bridgehead atoms. The van der Waals surface area contributed by atoms with Crippen molar-refractivity contribution in [1.29, 1.82) is 0 Å². The Morgan fingerprint density at radius 1 is 1.14 bits per heavy atom. The molecule has 0 aliphatic rings. The molecule has 1 aromatic heterocycles. The van der Waals surface area contributed by atoms with Gasteiger partial charge in [0, 0.05) is 17.8 Å². The van der Waals surface area contributed by atoms with E-state index in [-0.39, 0.29) is 24.1 Å². The Morgan fingerprint density at radius 3 is 2.55 bits per heavy atom. The molecule has 22 heavy (non-hydrogen) atoms. The van der Waals surface area contributed by atoms with Crippen LogP contribution in [0.15, 0.2) is 47.4 Å². The maximum atomic E-state index is 12.1. The molecule has 1 amide bonds. The first-order valence-corrected chi connectivity index (χ1v) is 7.47. The second kappa shape index (κ2) is 7.07. The molecule has 0 saturated heterocycles. The fourth-order valence-corrected chi connectivity index (χ4v) is 2.48. The van der Waals surface area contributed by atoms with Gasteiger partial charge in [0.05, 0.1) is 0 Å². The van der Waals surface area contributed by atoms with E-state index in [2.05, 4.69) is 24.4 Å². The van der Waals surface area contributed by atoms with Gasteiger partial charge >= 0.3 is 0 Å². The van der Waals surface area contributed by atoms with Crippen LogP contribution in [0.4, 0.5) is 0 Å². The van der Waals surface area contributed by atoms with E-state index in [9.17, 15) is 9.59 Å². The van der Waals surface area contributed by atoms with Gasteiger partial charge in [-0.05, 0) is 44.4 Å². The minimum absolute atomic E-state index is 0.0223. The lowest BCUT2D eigenvalue weighted by atomic mass is 10.0. The molecular weight excluding hydrogens is 276 g/mol. The molecule has 0 aliphatic heterocycles. The van der Waals surface area contributed by atoms with Crippen LogP contribution >= 0.6 is 0 Å². The third-order valence-electron chi connectivity index (χ3n) is 3.72. The van der Waals surface area contributed by atoms with Crippen LogP contribution in [0.3, 0.4) is 0 Å². The molecule has 1 heterocycles. The van der Waals surface area contributed by atoms with E-state index in [0.717, 1.165) is 6.42 Å². The van der Waals surface area contributed by atoms with Gasteiger partial charge in [0.1, 0.15) is 6.54 Å². The van der Waals surface area contributed by atoms with Crippen LogP contribution in [-0.4, -0.2) is 16.5 Å². The summed E-state index contributed by atoms with van der Waals surface area (Å²) in [6.07, 6.45) is 2.42. The molecule has 0 saturated carbocycles. The maximum Gasteiger partial charge on any atom is 0.253 e. The zero-order chi connectivity index (χ0) is 16.1. The van der Waals surface area contributed by atoms with Crippen molar-refractivity contribution in [3.63, 3.8) is 0 Å². The predicted octanol–water partition coefficient (Wildman–Crippen LogP) is 2.21. The molecule has 2 aromatic rings. The third-order valence-corrected chi connectivity index (χ3v) is 3.72. The van der Waals surface area contributed by atoms with Crippen molar-refractivity contribution >= 4 is 5.91 Å². The Bertz CT molecular complexity index is 719. The fourth-order valence-electron chi connectivity index (χ4n) is 2.48. The topological polar surface area (TPSA) is 51.1 Å². The second-order valence-corrected chi connectivity index (χ2v) is 5.72. The first-order chi connectivity index (χ1) is 10.5. The molecule has 116 valence electrons. The van der Waals surface area contributed by atoms with Gasteiger partial charge in [-0.25, -0.2) is 0 Å². The zero-order valence-electron chi connectivity index (χ0n) is 13.3. The summed E-state index contributed by atoms with van der Waals surface area (Å²) in [7, 11) is 0. The number of rotatable bonds is 5. The van der Waals surface area contributed by atoms with Crippen LogP contribution < -0.4 is 10.9 Å². The Balaban J connectivity index is 1.96. The summed E-state index contributed by atoms with van der Waals surface area (Å²) in [5.74, 6) is -0.145. The minimum atomic E-state index is -0.145. The lowest BCUT2D eigenvalue weighted by molar-refractivity contribution is -0.122. The normalized spacial score (nSPS) is 12.0. The molecule has 0 aliphatic carbocycles. The summed E-state index contributed by atoms with van der Waals surface area (Å²) in [5.41, 5.74) is 2.97. The molecule has 1 atom stereocenters. The number of carbonyl (C=O) groups is 1. The van der Waals surface area contributed by atoms with Crippen LogP contribution in [0.2, 0.25) is 0 Å². The summed E-state index contributed by atoms with van der Waals surface area (Å²) in [6.45, 7) is 5.84. The van der Waals surface area contributed by atoms with Gasteiger partial charge in [-0.15, -0.1) is 0 Å². The molecule has 0 radical (unpaired) electrons. The highest BCUT2D eigenvalue weighted by atomic mass is 16.2. The fraction of sp³-hybridized carbons (Fsp3) is 0.333. The van der Waals surface area contributed by atoms with Crippen LogP contribution in [0.5, 0.6) is 0 Å². The Kier molecular flexibility index (Phi) is 5.15. The quantitative estimate of drug-likeness (QED) is 0.920. The highest BCUT2D eigenvalue weighted by Crippen LogP contribution is 2.09. The number of amides is 1. The Morgan fingerprint density at radius 2 is 1.82 bits per heavy atom. The van der Waals surface area contributed by atoms with E-state index >= 15 is 0 Å². The molecule has 4 nitrogen and oxygen atoms in total. The molecule has 2 rings (SSSR count). The van der Waals surface area contributed by atoms with Crippen LogP contribution in [0, 0.1) is 13.8 Å². The Hall–Kier alpha value is -2.36. The van der Waals surface area contributed by atoms with E-state index in [4.69, 9.17) is 0 Å². The third kappa shape index (κ3) is 4.07. The number of aromatic nitrogens is 1. The molecule has 1 unspecified atom stereocenters. The lowest BCUT2D eigenvalue weighted by Crippen LogP contribution is -2.38. The van der Waals surface area contributed by atoms with Crippen molar-refractivity contribution < 1.29 is 4.79 Å². The number of benzene rings is 1. The lowest BCUT2D eigenvalue weighted by Gasteiger charge is -2.16. The smallest absolute Gasteiger partial charge is 0.253 e. The highest BCUT2D eigenvalue weighted by Gasteiger charge is 2.10. The summed E-state index contributed by atoms with van der Waals surface area (Å²) < 4.78 is 1.44. The zero-order valence-corrected chi connectivity index (χ0v) is 13.3. The number of carbonyl (C=O) groups excluding carboxylic acids is 1. The standard InChI is InChI=1S/C18H22N2O2/c1-13-7-4-5-9-16(13)11-15(3)19-17(21)12-20-10-6-8-14(2)18(20)22/h4-10,15H,11-12H2,1-3H3,(H,19,21). The van der Waals surface area contributed by atoms with Gasteiger partial charge in [0.25, 0.3) is 5.56 Å². The van der Waals surface area contributed by atoms with E-state index in [1.807, 2.05) is 19.1 Å².